The lowest BCUT2D eigenvalue weighted by Crippen LogP contribution is -2.33. The van der Waals surface area contributed by atoms with Gasteiger partial charge in [0.05, 0.1) is 26.4 Å². The Morgan fingerprint density at radius 2 is 1.44 bits per heavy atom. The standard InChI is InChI=1S/C12H22O4/c1-9-5-15-12(16-6-9)4-3-11-7-13-10(2)14-8-11/h9-12H,3-8H2,1-2H3. The Balaban J connectivity index is 1.60. The molecule has 0 unspecified atom stereocenters. The molecule has 94 valence electrons. The molecule has 2 rings (SSSR count). The van der Waals surface area contributed by atoms with Crippen LogP contribution in [0, 0.1) is 11.8 Å². The summed E-state index contributed by atoms with van der Waals surface area (Å²) in [5.41, 5.74) is 0. The van der Waals surface area contributed by atoms with Gasteiger partial charge in [-0.3, -0.25) is 0 Å². The van der Waals surface area contributed by atoms with Crippen LogP contribution in [0.2, 0.25) is 0 Å². The first-order valence-electron chi connectivity index (χ1n) is 6.20. The van der Waals surface area contributed by atoms with Crippen molar-refractivity contribution in [1.29, 1.82) is 0 Å². The summed E-state index contributed by atoms with van der Waals surface area (Å²) in [7, 11) is 0. The van der Waals surface area contributed by atoms with E-state index in [2.05, 4.69) is 6.92 Å². The maximum atomic E-state index is 5.60. The second-order valence-electron chi connectivity index (χ2n) is 4.88. The summed E-state index contributed by atoms with van der Waals surface area (Å²) in [6.45, 7) is 7.30. The summed E-state index contributed by atoms with van der Waals surface area (Å²) in [5.74, 6) is 1.01. The fourth-order valence-corrected chi connectivity index (χ4v) is 1.98. The molecule has 0 saturated carbocycles. The fourth-order valence-electron chi connectivity index (χ4n) is 1.98. The Bertz CT molecular complexity index is 171. The highest BCUT2D eigenvalue weighted by molar-refractivity contribution is 4.65. The van der Waals surface area contributed by atoms with Crippen LogP contribution in [0.15, 0.2) is 0 Å². The van der Waals surface area contributed by atoms with E-state index in [9.17, 15) is 0 Å². The van der Waals surface area contributed by atoms with Gasteiger partial charge in [0.25, 0.3) is 0 Å². The molecule has 2 saturated heterocycles. The third-order valence-electron chi connectivity index (χ3n) is 3.08. The molecule has 0 N–H and O–H groups in total. The normalized spacial score (nSPS) is 40.9. The molecule has 4 nitrogen and oxygen atoms in total. The number of ether oxygens (including phenoxy) is 4. The second kappa shape index (κ2) is 5.96. The van der Waals surface area contributed by atoms with Gasteiger partial charge in [0.15, 0.2) is 12.6 Å². The molecule has 2 fully saturated rings. The zero-order chi connectivity index (χ0) is 11.4. The monoisotopic (exact) mass is 230 g/mol. The summed E-state index contributed by atoms with van der Waals surface area (Å²) < 4.78 is 22.1. The number of hydrogen-bond acceptors (Lipinski definition) is 4. The van der Waals surface area contributed by atoms with Gasteiger partial charge in [0.1, 0.15) is 0 Å². The quantitative estimate of drug-likeness (QED) is 0.740. The van der Waals surface area contributed by atoms with Crippen molar-refractivity contribution in [3.8, 4) is 0 Å². The molecule has 0 spiro atoms. The van der Waals surface area contributed by atoms with Gasteiger partial charge in [0.2, 0.25) is 0 Å². The topological polar surface area (TPSA) is 36.9 Å². The average Bonchev–Trinajstić information content (AvgIpc) is 2.30. The molecular weight excluding hydrogens is 208 g/mol. The van der Waals surface area contributed by atoms with Gasteiger partial charge < -0.3 is 18.9 Å². The van der Waals surface area contributed by atoms with E-state index in [-0.39, 0.29) is 12.6 Å². The Morgan fingerprint density at radius 3 is 2.06 bits per heavy atom. The molecular formula is C12H22O4. The Morgan fingerprint density at radius 1 is 0.812 bits per heavy atom. The van der Waals surface area contributed by atoms with E-state index in [0.29, 0.717) is 11.8 Å². The van der Waals surface area contributed by atoms with Crippen molar-refractivity contribution < 1.29 is 18.9 Å². The molecule has 0 aromatic carbocycles. The Hall–Kier alpha value is -0.160. The maximum absolute atomic E-state index is 5.60. The summed E-state index contributed by atoms with van der Waals surface area (Å²) in [5, 5.41) is 0. The highest BCUT2D eigenvalue weighted by Gasteiger charge is 2.23. The van der Waals surface area contributed by atoms with Crippen molar-refractivity contribution in [2.75, 3.05) is 26.4 Å². The lowest BCUT2D eigenvalue weighted by atomic mass is 10.0. The van der Waals surface area contributed by atoms with E-state index in [4.69, 9.17) is 18.9 Å². The second-order valence-corrected chi connectivity index (χ2v) is 4.88. The molecule has 16 heavy (non-hydrogen) atoms. The lowest BCUT2D eigenvalue weighted by Gasteiger charge is -2.30. The first-order chi connectivity index (χ1) is 7.74. The van der Waals surface area contributed by atoms with Crippen LogP contribution >= 0.6 is 0 Å². The summed E-state index contributed by atoms with van der Waals surface area (Å²) >= 11 is 0. The molecule has 0 aromatic heterocycles. The highest BCUT2D eigenvalue weighted by atomic mass is 16.7. The predicted molar refractivity (Wildman–Crippen MR) is 58.9 cm³/mol. The van der Waals surface area contributed by atoms with Crippen molar-refractivity contribution in [3.05, 3.63) is 0 Å². The third kappa shape index (κ3) is 3.70. The van der Waals surface area contributed by atoms with Crippen LogP contribution in [0.25, 0.3) is 0 Å². The smallest absolute Gasteiger partial charge is 0.157 e. The first kappa shape index (κ1) is 12.3. The van der Waals surface area contributed by atoms with Gasteiger partial charge in [-0.05, 0) is 19.8 Å². The molecule has 2 aliphatic heterocycles. The summed E-state index contributed by atoms with van der Waals surface area (Å²) in [6.07, 6.45) is 1.93. The molecule has 0 aromatic rings. The SMILES string of the molecule is CC1COC(CCC2COC(C)OC2)OC1. The molecule has 0 atom stereocenters. The van der Waals surface area contributed by atoms with Crippen molar-refractivity contribution in [2.45, 2.75) is 39.3 Å². The van der Waals surface area contributed by atoms with E-state index in [1.54, 1.807) is 0 Å². The molecule has 4 heteroatoms. The maximum Gasteiger partial charge on any atom is 0.157 e. The van der Waals surface area contributed by atoms with Crippen LogP contribution in [0.5, 0.6) is 0 Å². The van der Waals surface area contributed by atoms with Gasteiger partial charge in [-0.2, -0.15) is 0 Å². The zero-order valence-corrected chi connectivity index (χ0v) is 10.2. The highest BCUT2D eigenvalue weighted by Crippen LogP contribution is 2.20. The van der Waals surface area contributed by atoms with Crippen LogP contribution in [0.1, 0.15) is 26.7 Å². The third-order valence-corrected chi connectivity index (χ3v) is 3.08. The molecule has 0 bridgehead atoms. The minimum atomic E-state index is -0.0423. The average molecular weight is 230 g/mol. The Kier molecular flexibility index (Phi) is 4.58. The van der Waals surface area contributed by atoms with E-state index in [0.717, 1.165) is 39.3 Å². The number of rotatable bonds is 3. The molecule has 0 aliphatic carbocycles. The first-order valence-corrected chi connectivity index (χ1v) is 6.20. The summed E-state index contributed by atoms with van der Waals surface area (Å²) in [6, 6.07) is 0. The minimum Gasteiger partial charge on any atom is -0.353 e. The fraction of sp³-hybridized carbons (Fsp3) is 1.00. The van der Waals surface area contributed by atoms with Crippen molar-refractivity contribution in [1.82, 2.24) is 0 Å². The van der Waals surface area contributed by atoms with E-state index >= 15 is 0 Å². The molecule has 2 heterocycles. The molecule has 0 radical (unpaired) electrons. The molecule has 2 aliphatic rings. The van der Waals surface area contributed by atoms with Gasteiger partial charge in [-0.1, -0.05) is 6.92 Å². The van der Waals surface area contributed by atoms with Crippen LogP contribution < -0.4 is 0 Å². The lowest BCUT2D eigenvalue weighted by molar-refractivity contribution is -0.212. The largest absolute Gasteiger partial charge is 0.353 e. The van der Waals surface area contributed by atoms with E-state index in [1.165, 1.54) is 0 Å². The van der Waals surface area contributed by atoms with Gasteiger partial charge in [-0.15, -0.1) is 0 Å². The summed E-state index contributed by atoms with van der Waals surface area (Å²) in [4.78, 5) is 0. The van der Waals surface area contributed by atoms with Crippen LogP contribution in [0.3, 0.4) is 0 Å². The van der Waals surface area contributed by atoms with Crippen LogP contribution in [-0.2, 0) is 18.9 Å². The molecule has 0 amide bonds. The van der Waals surface area contributed by atoms with Crippen molar-refractivity contribution >= 4 is 0 Å². The Labute approximate surface area is 97.2 Å². The van der Waals surface area contributed by atoms with E-state index in [1.807, 2.05) is 6.92 Å². The van der Waals surface area contributed by atoms with Gasteiger partial charge in [0, 0.05) is 11.8 Å². The van der Waals surface area contributed by atoms with E-state index < -0.39 is 0 Å². The van der Waals surface area contributed by atoms with Crippen molar-refractivity contribution in [3.63, 3.8) is 0 Å². The van der Waals surface area contributed by atoms with Gasteiger partial charge >= 0.3 is 0 Å². The zero-order valence-electron chi connectivity index (χ0n) is 10.2. The van der Waals surface area contributed by atoms with Crippen LogP contribution in [-0.4, -0.2) is 39.0 Å². The van der Waals surface area contributed by atoms with Crippen LogP contribution in [0.4, 0.5) is 0 Å². The van der Waals surface area contributed by atoms with Gasteiger partial charge in [-0.25, -0.2) is 0 Å². The predicted octanol–water partition coefficient (Wildman–Crippen LogP) is 1.78. The minimum absolute atomic E-state index is 0.0180. The van der Waals surface area contributed by atoms with Crippen molar-refractivity contribution in [2.24, 2.45) is 11.8 Å². The number of hydrogen-bond donors (Lipinski definition) is 0.